The lowest BCUT2D eigenvalue weighted by atomic mass is 10.1. The van der Waals surface area contributed by atoms with Crippen LogP contribution in [-0.4, -0.2) is 32.5 Å². The molecule has 2 N–H and O–H groups in total. The second kappa shape index (κ2) is 9.81. The molecule has 0 saturated carbocycles. The number of fused-ring (bicyclic) bond motifs is 1. The first-order valence-corrected chi connectivity index (χ1v) is 11.8. The van der Waals surface area contributed by atoms with E-state index in [1.54, 1.807) is 48.5 Å². The van der Waals surface area contributed by atoms with Crippen molar-refractivity contribution < 1.29 is 17.9 Å². The number of pyridine rings is 1. The fourth-order valence-corrected chi connectivity index (χ4v) is 4.89. The van der Waals surface area contributed by atoms with Gasteiger partial charge in [0.2, 0.25) is 15.9 Å². The van der Waals surface area contributed by atoms with E-state index in [0.29, 0.717) is 22.3 Å². The van der Waals surface area contributed by atoms with Gasteiger partial charge in [0, 0.05) is 23.3 Å². The summed E-state index contributed by atoms with van der Waals surface area (Å²) in [7, 11) is -2.52. The van der Waals surface area contributed by atoms with E-state index in [0.717, 1.165) is 5.56 Å². The van der Waals surface area contributed by atoms with E-state index in [2.05, 4.69) is 15.0 Å². The van der Waals surface area contributed by atoms with Crippen molar-refractivity contribution >= 4 is 32.5 Å². The average Bonchev–Trinajstić information content (AvgIpc) is 2.84. The van der Waals surface area contributed by atoms with Gasteiger partial charge in [0.15, 0.2) is 0 Å². The van der Waals surface area contributed by atoms with Crippen LogP contribution < -0.4 is 14.8 Å². The molecule has 7 nitrogen and oxygen atoms in total. The van der Waals surface area contributed by atoms with Gasteiger partial charge >= 0.3 is 0 Å². The Hall–Kier alpha value is -3.75. The Morgan fingerprint density at radius 2 is 1.73 bits per heavy atom. The summed E-state index contributed by atoms with van der Waals surface area (Å²) < 4.78 is 34.5. The lowest BCUT2D eigenvalue weighted by Gasteiger charge is -2.19. The van der Waals surface area contributed by atoms with E-state index in [-0.39, 0.29) is 11.3 Å². The standard InChI is InChI=1S/C25H23N3O4S/c1-32-21-13-6-12-20(17-21)27-25(29)22(16-18-8-3-2-4-9-18)28-33(30,31)23-14-5-10-19-11-7-15-26-24(19)23/h2-15,17,22,28H,16H2,1H3,(H,27,29)/t22-/m1/s1. The van der Waals surface area contributed by atoms with Crippen LogP contribution in [0.15, 0.2) is 96.0 Å². The van der Waals surface area contributed by atoms with Crippen LogP contribution in [0.25, 0.3) is 10.9 Å². The average molecular weight is 462 g/mol. The summed E-state index contributed by atoms with van der Waals surface area (Å²) in [6, 6.07) is 23.5. The van der Waals surface area contributed by atoms with Crippen LogP contribution in [0.5, 0.6) is 5.75 Å². The number of hydrogen-bond acceptors (Lipinski definition) is 5. The number of carbonyl (C=O) groups is 1. The first-order chi connectivity index (χ1) is 16.0. The molecule has 0 aliphatic carbocycles. The summed E-state index contributed by atoms with van der Waals surface area (Å²) in [5.74, 6) is 0.0960. The van der Waals surface area contributed by atoms with Gasteiger partial charge in [-0.1, -0.05) is 54.6 Å². The summed E-state index contributed by atoms with van der Waals surface area (Å²) in [4.78, 5) is 17.5. The summed E-state index contributed by atoms with van der Waals surface area (Å²) >= 11 is 0. The Labute approximate surface area is 192 Å². The highest BCUT2D eigenvalue weighted by Crippen LogP contribution is 2.22. The van der Waals surface area contributed by atoms with Gasteiger partial charge in [-0.15, -0.1) is 0 Å². The molecule has 8 heteroatoms. The molecule has 0 unspecified atom stereocenters. The lowest BCUT2D eigenvalue weighted by molar-refractivity contribution is -0.117. The highest BCUT2D eigenvalue weighted by atomic mass is 32.2. The third kappa shape index (κ3) is 5.36. The molecule has 1 atom stereocenters. The van der Waals surface area contributed by atoms with Gasteiger partial charge in [-0.05, 0) is 36.2 Å². The third-order valence-electron chi connectivity index (χ3n) is 5.12. The van der Waals surface area contributed by atoms with Gasteiger partial charge in [-0.3, -0.25) is 9.78 Å². The molecule has 0 fully saturated rings. The van der Waals surface area contributed by atoms with E-state index in [4.69, 9.17) is 4.74 Å². The maximum Gasteiger partial charge on any atom is 0.243 e. The minimum Gasteiger partial charge on any atom is -0.497 e. The number of anilines is 1. The Morgan fingerprint density at radius 1 is 0.970 bits per heavy atom. The molecule has 4 rings (SSSR count). The summed E-state index contributed by atoms with van der Waals surface area (Å²) in [5, 5.41) is 3.48. The number of para-hydroxylation sites is 1. The van der Waals surface area contributed by atoms with E-state index < -0.39 is 22.0 Å². The van der Waals surface area contributed by atoms with E-state index in [1.807, 2.05) is 30.3 Å². The molecule has 0 radical (unpaired) electrons. The number of benzene rings is 3. The number of nitrogens with one attached hydrogen (secondary N) is 2. The lowest BCUT2D eigenvalue weighted by Crippen LogP contribution is -2.45. The molecule has 0 spiro atoms. The van der Waals surface area contributed by atoms with E-state index in [1.165, 1.54) is 19.4 Å². The molecular weight excluding hydrogens is 438 g/mol. The normalized spacial score (nSPS) is 12.3. The van der Waals surface area contributed by atoms with Crippen molar-refractivity contribution in [2.75, 3.05) is 12.4 Å². The van der Waals surface area contributed by atoms with Crippen molar-refractivity contribution in [2.24, 2.45) is 0 Å². The molecule has 1 aromatic heterocycles. The molecule has 0 bridgehead atoms. The SMILES string of the molecule is COc1cccc(NC(=O)[C@@H](Cc2ccccc2)NS(=O)(=O)c2cccc3cccnc23)c1. The Morgan fingerprint density at radius 3 is 2.52 bits per heavy atom. The highest BCUT2D eigenvalue weighted by Gasteiger charge is 2.28. The fraction of sp³-hybridized carbons (Fsp3) is 0.120. The number of methoxy groups -OCH3 is 1. The number of hydrogen-bond donors (Lipinski definition) is 2. The summed E-state index contributed by atoms with van der Waals surface area (Å²) in [6.07, 6.45) is 1.71. The molecule has 0 aliphatic rings. The van der Waals surface area contributed by atoms with Crippen LogP contribution in [0.2, 0.25) is 0 Å². The van der Waals surface area contributed by atoms with Crippen LogP contribution in [-0.2, 0) is 21.2 Å². The molecule has 0 aliphatic heterocycles. The van der Waals surface area contributed by atoms with Crippen LogP contribution in [0, 0.1) is 0 Å². The van der Waals surface area contributed by atoms with Gasteiger partial charge in [-0.2, -0.15) is 4.72 Å². The van der Waals surface area contributed by atoms with Crippen molar-refractivity contribution in [3.8, 4) is 5.75 Å². The zero-order chi connectivity index (χ0) is 23.3. The summed E-state index contributed by atoms with van der Waals surface area (Å²) in [6.45, 7) is 0. The fourth-order valence-electron chi connectivity index (χ4n) is 3.51. The highest BCUT2D eigenvalue weighted by molar-refractivity contribution is 7.89. The van der Waals surface area contributed by atoms with Crippen molar-refractivity contribution in [3.63, 3.8) is 0 Å². The zero-order valence-corrected chi connectivity index (χ0v) is 18.7. The first-order valence-electron chi connectivity index (χ1n) is 10.3. The Balaban J connectivity index is 1.66. The van der Waals surface area contributed by atoms with Gasteiger partial charge in [0.25, 0.3) is 0 Å². The minimum atomic E-state index is -4.05. The smallest absolute Gasteiger partial charge is 0.243 e. The topological polar surface area (TPSA) is 97.4 Å². The van der Waals surface area contributed by atoms with Crippen LogP contribution in [0.3, 0.4) is 0 Å². The quantitative estimate of drug-likeness (QED) is 0.416. The van der Waals surface area contributed by atoms with E-state index in [9.17, 15) is 13.2 Å². The molecule has 1 amide bonds. The maximum atomic E-state index is 13.4. The van der Waals surface area contributed by atoms with Crippen LogP contribution in [0.1, 0.15) is 5.56 Å². The zero-order valence-electron chi connectivity index (χ0n) is 17.9. The predicted octanol–water partition coefficient (Wildman–Crippen LogP) is 3.77. The van der Waals surface area contributed by atoms with Crippen molar-refractivity contribution in [2.45, 2.75) is 17.4 Å². The van der Waals surface area contributed by atoms with Crippen molar-refractivity contribution in [1.82, 2.24) is 9.71 Å². The number of ether oxygens (including phenoxy) is 1. The molecule has 1 heterocycles. The third-order valence-corrected chi connectivity index (χ3v) is 6.62. The van der Waals surface area contributed by atoms with Gasteiger partial charge in [-0.25, -0.2) is 8.42 Å². The molecule has 4 aromatic rings. The maximum absolute atomic E-state index is 13.4. The van der Waals surface area contributed by atoms with Crippen LogP contribution in [0.4, 0.5) is 5.69 Å². The van der Waals surface area contributed by atoms with Gasteiger partial charge in [0.05, 0.1) is 12.6 Å². The van der Waals surface area contributed by atoms with Gasteiger partial charge < -0.3 is 10.1 Å². The number of amides is 1. The number of rotatable bonds is 8. The minimum absolute atomic E-state index is 0.0212. The number of sulfonamides is 1. The largest absolute Gasteiger partial charge is 0.497 e. The summed E-state index contributed by atoms with van der Waals surface area (Å²) in [5.41, 5.74) is 1.67. The molecular formula is C25H23N3O4S. The first kappa shape index (κ1) is 22.4. The predicted molar refractivity (Wildman–Crippen MR) is 128 cm³/mol. The van der Waals surface area contributed by atoms with Gasteiger partial charge in [0.1, 0.15) is 16.7 Å². The Kier molecular flexibility index (Phi) is 6.67. The monoisotopic (exact) mass is 461 g/mol. The molecule has 168 valence electrons. The number of nitrogens with zero attached hydrogens (tertiary/aromatic N) is 1. The Bertz CT molecular complexity index is 1370. The number of aromatic nitrogens is 1. The van der Waals surface area contributed by atoms with Crippen LogP contribution >= 0.6 is 0 Å². The number of carbonyl (C=O) groups excluding carboxylic acids is 1. The molecule has 33 heavy (non-hydrogen) atoms. The molecule has 3 aromatic carbocycles. The van der Waals surface area contributed by atoms with Crippen molar-refractivity contribution in [1.29, 1.82) is 0 Å². The second-order valence-electron chi connectivity index (χ2n) is 7.42. The molecule has 0 saturated heterocycles. The van der Waals surface area contributed by atoms with Crippen molar-refractivity contribution in [3.05, 3.63) is 96.7 Å². The van der Waals surface area contributed by atoms with E-state index >= 15 is 0 Å². The second-order valence-corrected chi connectivity index (χ2v) is 9.10.